The summed E-state index contributed by atoms with van der Waals surface area (Å²) in [6, 6.07) is 0.533. The largest absolute Gasteiger partial charge is 0.304 e. The molecule has 1 aromatic heterocycles. The number of aryl methyl sites for hydroxylation is 1. The van der Waals surface area contributed by atoms with Gasteiger partial charge in [0.05, 0.1) is 16.7 Å². The number of aromatic nitrogens is 2. The molecule has 1 saturated heterocycles. The standard InChI is InChI=1S/C14H20BrN3O/c1-2-18-13(10(15)8-16-18)14(19)12-7-9-5-3-4-6-11(9)17-12/h8-9,11-12,17H,2-7H2,1H3. The molecule has 0 amide bonds. The third-order valence-corrected chi connectivity index (χ3v) is 5.09. The molecular weight excluding hydrogens is 306 g/mol. The molecule has 3 atom stereocenters. The lowest BCUT2D eigenvalue weighted by molar-refractivity contribution is 0.0937. The predicted octanol–water partition coefficient (Wildman–Crippen LogP) is 2.77. The highest BCUT2D eigenvalue weighted by Gasteiger charge is 2.39. The molecule has 2 heterocycles. The van der Waals surface area contributed by atoms with Gasteiger partial charge >= 0.3 is 0 Å². The van der Waals surface area contributed by atoms with Crippen LogP contribution in [-0.2, 0) is 6.54 Å². The summed E-state index contributed by atoms with van der Waals surface area (Å²) in [5, 5.41) is 7.79. The third-order valence-electron chi connectivity index (χ3n) is 4.51. The van der Waals surface area contributed by atoms with E-state index in [1.165, 1.54) is 25.7 Å². The Morgan fingerprint density at radius 2 is 2.32 bits per heavy atom. The minimum atomic E-state index is -0.0219. The molecule has 1 aliphatic carbocycles. The first-order valence-electron chi connectivity index (χ1n) is 7.22. The molecule has 1 N–H and O–H groups in total. The number of rotatable bonds is 3. The topological polar surface area (TPSA) is 46.9 Å². The molecule has 2 fully saturated rings. The number of halogens is 1. The Kier molecular flexibility index (Phi) is 3.76. The maximum atomic E-state index is 12.7. The fraction of sp³-hybridized carbons (Fsp3) is 0.714. The molecule has 4 nitrogen and oxygen atoms in total. The average molecular weight is 326 g/mol. The number of carbonyl (C=O) groups excluding carboxylic acids is 1. The van der Waals surface area contributed by atoms with E-state index in [-0.39, 0.29) is 11.8 Å². The van der Waals surface area contributed by atoms with Crippen molar-refractivity contribution in [3.63, 3.8) is 0 Å². The van der Waals surface area contributed by atoms with Crippen molar-refractivity contribution in [1.82, 2.24) is 15.1 Å². The van der Waals surface area contributed by atoms with Gasteiger partial charge < -0.3 is 5.32 Å². The van der Waals surface area contributed by atoms with Crippen LogP contribution in [0.4, 0.5) is 0 Å². The molecule has 19 heavy (non-hydrogen) atoms. The first-order valence-corrected chi connectivity index (χ1v) is 8.01. The molecule has 0 radical (unpaired) electrons. The van der Waals surface area contributed by atoms with E-state index in [2.05, 4.69) is 26.3 Å². The number of Topliss-reactive ketones (excluding diaryl/α,β-unsaturated/α-hetero) is 1. The van der Waals surface area contributed by atoms with Crippen molar-refractivity contribution in [2.75, 3.05) is 0 Å². The van der Waals surface area contributed by atoms with Gasteiger partial charge in [-0.3, -0.25) is 9.48 Å². The molecule has 0 bridgehead atoms. The summed E-state index contributed by atoms with van der Waals surface area (Å²) in [5.41, 5.74) is 0.721. The molecule has 104 valence electrons. The zero-order valence-corrected chi connectivity index (χ0v) is 12.8. The van der Waals surface area contributed by atoms with E-state index in [0.717, 1.165) is 23.1 Å². The molecular formula is C14H20BrN3O. The van der Waals surface area contributed by atoms with Crippen molar-refractivity contribution in [3.8, 4) is 0 Å². The average Bonchev–Trinajstić information content (AvgIpc) is 3.01. The zero-order valence-electron chi connectivity index (χ0n) is 11.2. The molecule has 1 aromatic rings. The van der Waals surface area contributed by atoms with Gasteiger partial charge in [-0.1, -0.05) is 12.8 Å². The maximum absolute atomic E-state index is 12.7. The van der Waals surface area contributed by atoms with Gasteiger partial charge in [0.15, 0.2) is 5.78 Å². The van der Waals surface area contributed by atoms with E-state index in [0.29, 0.717) is 12.0 Å². The van der Waals surface area contributed by atoms with Crippen molar-refractivity contribution in [2.24, 2.45) is 5.92 Å². The van der Waals surface area contributed by atoms with Crippen molar-refractivity contribution in [2.45, 2.75) is 57.7 Å². The summed E-state index contributed by atoms with van der Waals surface area (Å²) in [4.78, 5) is 12.7. The summed E-state index contributed by atoms with van der Waals surface area (Å²) in [5.74, 6) is 0.889. The van der Waals surface area contributed by atoms with Crippen molar-refractivity contribution in [3.05, 3.63) is 16.4 Å². The van der Waals surface area contributed by atoms with Crippen LogP contribution in [0.25, 0.3) is 0 Å². The number of fused-ring (bicyclic) bond motifs is 1. The van der Waals surface area contributed by atoms with Gasteiger partial charge in [-0.15, -0.1) is 0 Å². The van der Waals surface area contributed by atoms with E-state index in [1.54, 1.807) is 10.9 Å². The maximum Gasteiger partial charge on any atom is 0.198 e. The normalized spacial score (nSPS) is 30.3. The monoisotopic (exact) mass is 325 g/mol. The first kappa shape index (κ1) is 13.3. The summed E-state index contributed by atoms with van der Waals surface area (Å²) < 4.78 is 2.60. The van der Waals surface area contributed by atoms with E-state index < -0.39 is 0 Å². The second-order valence-corrected chi connectivity index (χ2v) is 6.48. The third kappa shape index (κ3) is 2.38. The van der Waals surface area contributed by atoms with Gasteiger partial charge in [0.1, 0.15) is 5.69 Å². The molecule has 0 spiro atoms. The first-order chi connectivity index (χ1) is 9.20. The summed E-state index contributed by atoms with van der Waals surface area (Å²) in [6.07, 6.45) is 7.83. The minimum absolute atomic E-state index is 0.0219. The van der Waals surface area contributed by atoms with E-state index >= 15 is 0 Å². The van der Waals surface area contributed by atoms with Gasteiger partial charge in [-0.25, -0.2) is 0 Å². The van der Waals surface area contributed by atoms with Crippen LogP contribution in [-0.4, -0.2) is 27.6 Å². The smallest absolute Gasteiger partial charge is 0.198 e. The Hall–Kier alpha value is -0.680. The van der Waals surface area contributed by atoms with Gasteiger partial charge in [0.2, 0.25) is 0 Å². The highest BCUT2D eigenvalue weighted by atomic mass is 79.9. The van der Waals surface area contributed by atoms with Crippen molar-refractivity contribution < 1.29 is 4.79 Å². The van der Waals surface area contributed by atoms with Gasteiger partial charge in [0, 0.05) is 12.6 Å². The van der Waals surface area contributed by atoms with E-state index in [1.807, 2.05) is 6.92 Å². The Labute approximate surface area is 122 Å². The molecule has 2 aliphatic rings. The number of hydrogen-bond acceptors (Lipinski definition) is 3. The number of nitrogens with one attached hydrogen (secondary N) is 1. The molecule has 5 heteroatoms. The summed E-state index contributed by atoms with van der Waals surface area (Å²) in [6.45, 7) is 2.74. The second kappa shape index (κ2) is 5.37. The minimum Gasteiger partial charge on any atom is -0.304 e. The lowest BCUT2D eigenvalue weighted by atomic mass is 9.84. The van der Waals surface area contributed by atoms with Crippen LogP contribution in [0.3, 0.4) is 0 Å². The summed E-state index contributed by atoms with van der Waals surface area (Å²) in [7, 11) is 0. The number of ketones is 1. The zero-order chi connectivity index (χ0) is 13.4. The van der Waals surface area contributed by atoms with Gasteiger partial charge in [0.25, 0.3) is 0 Å². The summed E-state index contributed by atoms with van der Waals surface area (Å²) >= 11 is 3.45. The van der Waals surface area contributed by atoms with E-state index in [4.69, 9.17) is 0 Å². The van der Waals surface area contributed by atoms with Crippen LogP contribution in [0.15, 0.2) is 10.7 Å². The molecule has 3 rings (SSSR count). The van der Waals surface area contributed by atoms with Gasteiger partial charge in [-0.2, -0.15) is 5.10 Å². The van der Waals surface area contributed by atoms with Crippen LogP contribution >= 0.6 is 15.9 Å². The lowest BCUT2D eigenvalue weighted by Crippen LogP contribution is -2.38. The Morgan fingerprint density at radius 1 is 1.53 bits per heavy atom. The van der Waals surface area contributed by atoms with Crippen LogP contribution in [0, 0.1) is 5.92 Å². The number of hydrogen-bond donors (Lipinski definition) is 1. The molecule has 1 saturated carbocycles. The number of nitrogens with zero attached hydrogens (tertiary/aromatic N) is 2. The SMILES string of the molecule is CCn1ncc(Br)c1C(=O)C1CC2CCCCC2N1. The fourth-order valence-corrected chi connectivity index (χ4v) is 4.03. The Bertz CT molecular complexity index is 471. The lowest BCUT2D eigenvalue weighted by Gasteiger charge is -2.24. The van der Waals surface area contributed by atoms with Crippen LogP contribution in [0.5, 0.6) is 0 Å². The highest BCUT2D eigenvalue weighted by Crippen LogP contribution is 2.34. The predicted molar refractivity (Wildman–Crippen MR) is 77.2 cm³/mol. The van der Waals surface area contributed by atoms with E-state index in [9.17, 15) is 4.79 Å². The fourth-order valence-electron chi connectivity index (χ4n) is 3.53. The van der Waals surface area contributed by atoms with Crippen LogP contribution < -0.4 is 5.32 Å². The van der Waals surface area contributed by atoms with Crippen molar-refractivity contribution >= 4 is 21.7 Å². The van der Waals surface area contributed by atoms with Gasteiger partial charge in [-0.05, 0) is 48.0 Å². The molecule has 0 aromatic carbocycles. The molecule has 1 aliphatic heterocycles. The van der Waals surface area contributed by atoms with Crippen LogP contribution in [0.1, 0.15) is 49.5 Å². The molecule has 3 unspecified atom stereocenters. The van der Waals surface area contributed by atoms with Crippen molar-refractivity contribution in [1.29, 1.82) is 0 Å². The quantitative estimate of drug-likeness (QED) is 0.869. The number of carbonyl (C=O) groups is 1. The Morgan fingerprint density at radius 3 is 3.05 bits per heavy atom. The van der Waals surface area contributed by atoms with Crippen LogP contribution in [0.2, 0.25) is 0 Å². The highest BCUT2D eigenvalue weighted by molar-refractivity contribution is 9.10. The Balaban J connectivity index is 1.79. The second-order valence-electron chi connectivity index (χ2n) is 5.63.